The summed E-state index contributed by atoms with van der Waals surface area (Å²) in [5.74, 6) is -0.965. The number of carbonyl (C=O) groups excluding carboxylic acids is 1. The standard InChI is InChI=1S/C14H14BrNO3/c15-9-6-8(12(17)18)7-10-11(9)14(13(19)16-10)4-2-1-3-5-14/h6-7H,1-5H2,(H,16,19)(H,17,18). The topological polar surface area (TPSA) is 66.4 Å². The molecule has 1 fully saturated rings. The summed E-state index contributed by atoms with van der Waals surface area (Å²) in [6.07, 6.45) is 4.93. The number of carboxylic acid groups (broad SMARTS) is 1. The van der Waals surface area contributed by atoms with Crippen molar-refractivity contribution in [3.05, 3.63) is 27.7 Å². The highest BCUT2D eigenvalue weighted by atomic mass is 79.9. The van der Waals surface area contributed by atoms with Crippen LogP contribution in [0, 0.1) is 0 Å². The average molecular weight is 324 g/mol. The molecule has 100 valence electrons. The summed E-state index contributed by atoms with van der Waals surface area (Å²) in [6.45, 7) is 0. The number of carboxylic acids is 1. The average Bonchev–Trinajstić information content (AvgIpc) is 2.63. The van der Waals surface area contributed by atoms with E-state index in [1.54, 1.807) is 12.1 Å². The van der Waals surface area contributed by atoms with Gasteiger partial charge in [0.25, 0.3) is 0 Å². The predicted molar refractivity (Wildman–Crippen MR) is 74.5 cm³/mol. The molecule has 3 rings (SSSR count). The molecule has 0 aromatic heterocycles. The van der Waals surface area contributed by atoms with Gasteiger partial charge in [0.15, 0.2) is 0 Å². The molecule has 0 bridgehead atoms. The maximum absolute atomic E-state index is 12.4. The lowest BCUT2D eigenvalue weighted by Gasteiger charge is -2.32. The van der Waals surface area contributed by atoms with Crippen LogP contribution in [0.1, 0.15) is 48.0 Å². The molecule has 1 saturated carbocycles. The molecule has 1 aliphatic heterocycles. The number of rotatable bonds is 1. The number of hydrogen-bond donors (Lipinski definition) is 2. The lowest BCUT2D eigenvalue weighted by atomic mass is 9.70. The van der Waals surface area contributed by atoms with Crippen LogP contribution in [-0.4, -0.2) is 17.0 Å². The van der Waals surface area contributed by atoms with Crippen LogP contribution >= 0.6 is 15.9 Å². The van der Waals surface area contributed by atoms with Crippen molar-refractivity contribution in [1.82, 2.24) is 0 Å². The summed E-state index contributed by atoms with van der Waals surface area (Å²) in [7, 11) is 0. The Labute approximate surface area is 119 Å². The minimum atomic E-state index is -0.984. The van der Waals surface area contributed by atoms with Crippen molar-refractivity contribution in [1.29, 1.82) is 0 Å². The third-order valence-corrected chi connectivity index (χ3v) is 4.83. The molecule has 2 aliphatic rings. The van der Waals surface area contributed by atoms with Gasteiger partial charge in [-0.05, 0) is 25.0 Å². The normalized spacial score (nSPS) is 20.2. The van der Waals surface area contributed by atoms with E-state index in [0.29, 0.717) is 5.69 Å². The third-order valence-electron chi connectivity index (χ3n) is 4.21. The fourth-order valence-electron chi connectivity index (χ4n) is 3.30. The van der Waals surface area contributed by atoms with Crippen LogP contribution in [0.15, 0.2) is 16.6 Å². The molecule has 1 aromatic rings. The third kappa shape index (κ3) is 1.79. The number of halogens is 1. The first-order valence-corrected chi connectivity index (χ1v) is 7.23. The molecule has 5 heteroatoms. The molecular weight excluding hydrogens is 310 g/mol. The van der Waals surface area contributed by atoms with Gasteiger partial charge >= 0.3 is 5.97 Å². The van der Waals surface area contributed by atoms with E-state index in [-0.39, 0.29) is 11.5 Å². The Bertz CT molecular complexity index is 576. The molecule has 2 N–H and O–H groups in total. The molecule has 19 heavy (non-hydrogen) atoms. The van der Waals surface area contributed by atoms with Crippen molar-refractivity contribution in [2.24, 2.45) is 0 Å². The molecule has 0 saturated heterocycles. The maximum atomic E-state index is 12.4. The Kier molecular flexibility index (Phi) is 2.89. The van der Waals surface area contributed by atoms with Crippen LogP contribution in [0.2, 0.25) is 0 Å². The molecule has 0 atom stereocenters. The number of anilines is 1. The first-order chi connectivity index (χ1) is 9.04. The number of nitrogens with one attached hydrogen (secondary N) is 1. The molecule has 1 aromatic carbocycles. The van der Waals surface area contributed by atoms with Gasteiger partial charge in [-0.25, -0.2) is 4.79 Å². The van der Waals surface area contributed by atoms with E-state index in [1.807, 2.05) is 0 Å². The number of aromatic carboxylic acids is 1. The Balaban J connectivity index is 2.16. The van der Waals surface area contributed by atoms with Gasteiger partial charge in [0.2, 0.25) is 5.91 Å². The molecule has 1 aliphatic carbocycles. The number of carbonyl (C=O) groups is 2. The van der Waals surface area contributed by atoms with Crippen LogP contribution < -0.4 is 5.32 Å². The van der Waals surface area contributed by atoms with Gasteiger partial charge < -0.3 is 10.4 Å². The zero-order valence-corrected chi connectivity index (χ0v) is 11.9. The van der Waals surface area contributed by atoms with Crippen molar-refractivity contribution in [2.75, 3.05) is 5.32 Å². The highest BCUT2D eigenvalue weighted by Crippen LogP contribution is 2.50. The first-order valence-electron chi connectivity index (χ1n) is 6.43. The molecule has 1 heterocycles. The number of fused-ring (bicyclic) bond motifs is 2. The van der Waals surface area contributed by atoms with E-state index in [0.717, 1.165) is 42.1 Å². The van der Waals surface area contributed by atoms with E-state index in [4.69, 9.17) is 5.11 Å². The van der Waals surface area contributed by atoms with Crippen molar-refractivity contribution in [3.63, 3.8) is 0 Å². The number of amides is 1. The molecule has 1 amide bonds. The van der Waals surface area contributed by atoms with E-state index in [9.17, 15) is 9.59 Å². The Morgan fingerprint density at radius 3 is 2.58 bits per heavy atom. The summed E-state index contributed by atoms with van der Waals surface area (Å²) < 4.78 is 0.725. The van der Waals surface area contributed by atoms with Crippen LogP contribution in [-0.2, 0) is 10.2 Å². The van der Waals surface area contributed by atoms with E-state index < -0.39 is 11.4 Å². The summed E-state index contributed by atoms with van der Waals surface area (Å²) in [5.41, 5.74) is 1.34. The minimum Gasteiger partial charge on any atom is -0.478 e. The Morgan fingerprint density at radius 2 is 1.95 bits per heavy atom. The van der Waals surface area contributed by atoms with Gasteiger partial charge in [-0.15, -0.1) is 0 Å². The van der Waals surface area contributed by atoms with E-state index in [2.05, 4.69) is 21.2 Å². The zero-order chi connectivity index (χ0) is 13.6. The highest BCUT2D eigenvalue weighted by molar-refractivity contribution is 9.10. The van der Waals surface area contributed by atoms with Gasteiger partial charge in [-0.2, -0.15) is 0 Å². The minimum absolute atomic E-state index is 0.0189. The summed E-state index contributed by atoms with van der Waals surface area (Å²) >= 11 is 3.45. The van der Waals surface area contributed by atoms with Crippen molar-refractivity contribution < 1.29 is 14.7 Å². The van der Waals surface area contributed by atoms with Gasteiger partial charge in [0, 0.05) is 15.7 Å². The molecule has 1 spiro atoms. The maximum Gasteiger partial charge on any atom is 0.335 e. The molecular formula is C14H14BrNO3. The lowest BCUT2D eigenvalue weighted by Crippen LogP contribution is -2.36. The Hall–Kier alpha value is -1.36. The van der Waals surface area contributed by atoms with Crippen LogP contribution in [0.3, 0.4) is 0 Å². The smallest absolute Gasteiger partial charge is 0.335 e. The zero-order valence-electron chi connectivity index (χ0n) is 10.3. The van der Waals surface area contributed by atoms with Crippen LogP contribution in [0.5, 0.6) is 0 Å². The van der Waals surface area contributed by atoms with Gasteiger partial charge in [0.05, 0.1) is 11.0 Å². The summed E-state index contributed by atoms with van der Waals surface area (Å²) in [5, 5.41) is 11.9. The summed E-state index contributed by atoms with van der Waals surface area (Å²) in [6, 6.07) is 3.15. The predicted octanol–water partition coefficient (Wildman–Crippen LogP) is 3.30. The highest BCUT2D eigenvalue weighted by Gasteiger charge is 2.48. The second kappa shape index (κ2) is 4.34. The molecule has 0 unspecified atom stereocenters. The van der Waals surface area contributed by atoms with Crippen LogP contribution in [0.25, 0.3) is 0 Å². The second-order valence-electron chi connectivity index (χ2n) is 5.28. The quantitative estimate of drug-likeness (QED) is 0.833. The number of benzene rings is 1. The Morgan fingerprint density at radius 1 is 1.26 bits per heavy atom. The monoisotopic (exact) mass is 323 g/mol. The van der Waals surface area contributed by atoms with Crippen molar-refractivity contribution >= 4 is 33.5 Å². The van der Waals surface area contributed by atoms with Crippen molar-refractivity contribution in [2.45, 2.75) is 37.5 Å². The first kappa shape index (κ1) is 12.7. The second-order valence-corrected chi connectivity index (χ2v) is 6.14. The van der Waals surface area contributed by atoms with Crippen LogP contribution in [0.4, 0.5) is 5.69 Å². The van der Waals surface area contributed by atoms with Crippen molar-refractivity contribution in [3.8, 4) is 0 Å². The number of hydrogen-bond acceptors (Lipinski definition) is 2. The largest absolute Gasteiger partial charge is 0.478 e. The van der Waals surface area contributed by atoms with Gasteiger partial charge in [0.1, 0.15) is 0 Å². The van der Waals surface area contributed by atoms with E-state index >= 15 is 0 Å². The van der Waals surface area contributed by atoms with E-state index in [1.165, 1.54) is 0 Å². The fourth-order valence-corrected chi connectivity index (χ4v) is 4.14. The summed E-state index contributed by atoms with van der Waals surface area (Å²) in [4.78, 5) is 23.4. The fraction of sp³-hybridized carbons (Fsp3) is 0.429. The van der Waals surface area contributed by atoms with Gasteiger partial charge in [-0.1, -0.05) is 35.2 Å². The SMILES string of the molecule is O=C(O)c1cc(Br)c2c(c1)NC(=O)C21CCCCC1. The molecule has 0 radical (unpaired) electrons. The lowest BCUT2D eigenvalue weighted by molar-refractivity contribution is -0.121. The van der Waals surface area contributed by atoms with Gasteiger partial charge in [-0.3, -0.25) is 4.79 Å². The molecule has 4 nitrogen and oxygen atoms in total.